The highest BCUT2D eigenvalue weighted by atomic mass is 35.5. The first-order valence-electron chi connectivity index (χ1n) is 3.66. The second-order valence-electron chi connectivity index (χ2n) is 2.66. The molecule has 1 aliphatic carbocycles. The Bertz CT molecular complexity index is 332. The molecule has 1 aliphatic rings. The Balaban J connectivity index is 3.05. The predicted molar refractivity (Wildman–Crippen MR) is 57.6 cm³/mol. The number of ether oxygens (including phenoxy) is 1. The molecule has 78 valence electrons. The van der Waals surface area contributed by atoms with Crippen molar-refractivity contribution in [1.82, 2.24) is 0 Å². The van der Waals surface area contributed by atoms with Crippen LogP contribution >= 0.6 is 46.4 Å². The van der Waals surface area contributed by atoms with Gasteiger partial charge in [0.1, 0.15) is 0 Å². The lowest BCUT2D eigenvalue weighted by Crippen LogP contribution is -2.19. The van der Waals surface area contributed by atoms with E-state index in [4.69, 9.17) is 46.4 Å². The normalized spacial score (nSPS) is 22.8. The Morgan fingerprint density at radius 3 is 2.36 bits per heavy atom. The summed E-state index contributed by atoms with van der Waals surface area (Å²) >= 11 is 23.1. The van der Waals surface area contributed by atoms with Gasteiger partial charge in [0, 0.05) is 11.5 Å². The molecule has 0 saturated carbocycles. The molecule has 0 aliphatic heterocycles. The van der Waals surface area contributed by atoms with Gasteiger partial charge in [-0.3, -0.25) is 4.79 Å². The molecular formula is C8H6Cl4O2. The van der Waals surface area contributed by atoms with Gasteiger partial charge in [-0.2, -0.15) is 0 Å². The molecule has 1 atom stereocenters. The van der Waals surface area contributed by atoms with E-state index >= 15 is 0 Å². The number of hydrogen-bond acceptors (Lipinski definition) is 2. The molecule has 1 rings (SSSR count). The zero-order valence-electron chi connectivity index (χ0n) is 7.11. The van der Waals surface area contributed by atoms with Gasteiger partial charge in [0.2, 0.25) is 0 Å². The third-order valence-corrected chi connectivity index (χ3v) is 3.71. The molecule has 0 radical (unpaired) electrons. The van der Waals surface area contributed by atoms with Crippen molar-refractivity contribution >= 4 is 52.4 Å². The molecule has 0 bridgehead atoms. The van der Waals surface area contributed by atoms with E-state index in [1.54, 1.807) is 0 Å². The predicted octanol–water partition coefficient (Wildman–Crippen LogP) is 3.56. The molecule has 0 N–H and O–H groups in total. The molecule has 6 heteroatoms. The number of allylic oxidation sites excluding steroid dienone is 3. The minimum Gasteiger partial charge on any atom is -0.469 e. The van der Waals surface area contributed by atoms with Crippen LogP contribution in [0.25, 0.3) is 0 Å². The van der Waals surface area contributed by atoms with E-state index in [1.807, 2.05) is 0 Å². The Hall–Kier alpha value is 0.110. The van der Waals surface area contributed by atoms with Crippen LogP contribution in [0.1, 0.15) is 6.42 Å². The van der Waals surface area contributed by atoms with Crippen molar-refractivity contribution in [2.75, 3.05) is 7.11 Å². The van der Waals surface area contributed by atoms with Gasteiger partial charge < -0.3 is 4.74 Å². The van der Waals surface area contributed by atoms with Crippen LogP contribution in [-0.4, -0.2) is 13.1 Å². The summed E-state index contributed by atoms with van der Waals surface area (Å²) in [5.41, 5.74) is 0. The highest BCUT2D eigenvalue weighted by Crippen LogP contribution is 2.42. The number of esters is 1. The van der Waals surface area contributed by atoms with Crippen molar-refractivity contribution in [3.8, 4) is 0 Å². The van der Waals surface area contributed by atoms with Crippen LogP contribution in [0.5, 0.6) is 0 Å². The van der Waals surface area contributed by atoms with Gasteiger partial charge in [-0.1, -0.05) is 46.4 Å². The molecule has 0 aromatic rings. The molecular weight excluding hydrogens is 270 g/mol. The first-order valence-corrected chi connectivity index (χ1v) is 5.17. The van der Waals surface area contributed by atoms with Gasteiger partial charge in [0.05, 0.1) is 28.1 Å². The number of hydrogen-bond donors (Lipinski definition) is 0. The third-order valence-electron chi connectivity index (χ3n) is 1.82. The molecule has 0 spiro atoms. The SMILES string of the molecule is COC(=O)C1CC(Cl)=C(Cl)C(Cl)=C1Cl. The molecule has 2 nitrogen and oxygen atoms in total. The molecule has 0 amide bonds. The summed E-state index contributed by atoms with van der Waals surface area (Å²) in [5.74, 6) is -1.13. The van der Waals surface area contributed by atoms with E-state index in [0.717, 1.165) is 0 Å². The van der Waals surface area contributed by atoms with Gasteiger partial charge in [-0.25, -0.2) is 0 Å². The third kappa shape index (κ3) is 2.19. The van der Waals surface area contributed by atoms with Crippen molar-refractivity contribution in [3.63, 3.8) is 0 Å². The van der Waals surface area contributed by atoms with Crippen molar-refractivity contribution in [3.05, 3.63) is 20.1 Å². The number of rotatable bonds is 1. The van der Waals surface area contributed by atoms with Crippen LogP contribution in [0.4, 0.5) is 0 Å². The minimum atomic E-state index is -0.649. The monoisotopic (exact) mass is 274 g/mol. The maximum Gasteiger partial charge on any atom is 0.314 e. The van der Waals surface area contributed by atoms with Crippen molar-refractivity contribution in [2.24, 2.45) is 5.92 Å². The quantitative estimate of drug-likeness (QED) is 0.684. The minimum absolute atomic E-state index is 0.111. The number of carbonyl (C=O) groups excluding carboxylic acids is 1. The van der Waals surface area contributed by atoms with Gasteiger partial charge in [-0.15, -0.1) is 0 Å². The Morgan fingerprint density at radius 1 is 1.29 bits per heavy atom. The zero-order valence-corrected chi connectivity index (χ0v) is 10.1. The van der Waals surface area contributed by atoms with E-state index in [2.05, 4.69) is 4.74 Å². The second kappa shape index (κ2) is 4.75. The van der Waals surface area contributed by atoms with Gasteiger partial charge in [0.25, 0.3) is 0 Å². The summed E-state index contributed by atoms with van der Waals surface area (Å²) in [6, 6.07) is 0. The summed E-state index contributed by atoms with van der Waals surface area (Å²) in [6.07, 6.45) is 0.224. The maximum absolute atomic E-state index is 11.3. The summed E-state index contributed by atoms with van der Waals surface area (Å²) < 4.78 is 4.55. The maximum atomic E-state index is 11.3. The highest BCUT2D eigenvalue weighted by Gasteiger charge is 2.31. The van der Waals surface area contributed by atoms with E-state index < -0.39 is 11.9 Å². The smallest absolute Gasteiger partial charge is 0.314 e. The summed E-state index contributed by atoms with van der Waals surface area (Å²) in [4.78, 5) is 11.3. The molecule has 0 saturated heterocycles. The average molecular weight is 276 g/mol. The van der Waals surface area contributed by atoms with Gasteiger partial charge in [-0.05, 0) is 0 Å². The van der Waals surface area contributed by atoms with Crippen molar-refractivity contribution in [2.45, 2.75) is 6.42 Å². The first kappa shape index (κ1) is 12.2. The van der Waals surface area contributed by atoms with Crippen LogP contribution in [-0.2, 0) is 9.53 Å². The van der Waals surface area contributed by atoms with Crippen molar-refractivity contribution < 1.29 is 9.53 Å². The fourth-order valence-electron chi connectivity index (χ4n) is 1.06. The van der Waals surface area contributed by atoms with Crippen LogP contribution < -0.4 is 0 Å². The molecule has 14 heavy (non-hydrogen) atoms. The van der Waals surface area contributed by atoms with Crippen LogP contribution in [0, 0.1) is 5.92 Å². The topological polar surface area (TPSA) is 26.3 Å². The van der Waals surface area contributed by atoms with Crippen LogP contribution in [0.15, 0.2) is 20.1 Å². The lowest BCUT2D eigenvalue weighted by atomic mass is 10.0. The number of carbonyl (C=O) groups is 1. The van der Waals surface area contributed by atoms with Gasteiger partial charge >= 0.3 is 5.97 Å². The van der Waals surface area contributed by atoms with E-state index in [1.165, 1.54) is 7.11 Å². The lowest BCUT2D eigenvalue weighted by molar-refractivity contribution is -0.143. The largest absolute Gasteiger partial charge is 0.469 e. The zero-order chi connectivity index (χ0) is 10.9. The van der Waals surface area contributed by atoms with E-state index in [-0.39, 0.29) is 21.5 Å². The molecule has 0 aromatic carbocycles. The summed E-state index contributed by atoms with van der Waals surface area (Å²) in [5, 5.41) is 0.794. The fraction of sp³-hybridized carbons (Fsp3) is 0.375. The molecule has 1 unspecified atom stereocenters. The molecule has 0 heterocycles. The molecule has 0 aromatic heterocycles. The van der Waals surface area contributed by atoms with Crippen LogP contribution in [0.3, 0.4) is 0 Å². The second-order valence-corrected chi connectivity index (χ2v) is 4.28. The number of halogens is 4. The lowest BCUT2D eigenvalue weighted by Gasteiger charge is -2.20. The Morgan fingerprint density at radius 2 is 1.86 bits per heavy atom. The van der Waals surface area contributed by atoms with E-state index in [0.29, 0.717) is 5.03 Å². The summed E-state index contributed by atoms with van der Waals surface area (Å²) in [7, 11) is 1.27. The fourth-order valence-corrected chi connectivity index (χ4v) is 2.10. The van der Waals surface area contributed by atoms with Crippen molar-refractivity contribution in [1.29, 1.82) is 0 Å². The molecule has 0 fully saturated rings. The van der Waals surface area contributed by atoms with Gasteiger partial charge in [0.15, 0.2) is 0 Å². The highest BCUT2D eigenvalue weighted by molar-refractivity contribution is 6.51. The first-order chi connectivity index (χ1) is 6.49. The summed E-state index contributed by atoms with van der Waals surface area (Å²) in [6.45, 7) is 0. The van der Waals surface area contributed by atoms with E-state index in [9.17, 15) is 4.79 Å². The Labute approximate surface area is 101 Å². The Kier molecular flexibility index (Phi) is 4.14. The standard InChI is InChI=1S/C8H6Cl4O2/c1-14-8(13)3-2-4(9)6(11)7(12)5(3)10/h3H,2H2,1H3. The number of methoxy groups -OCH3 is 1. The average Bonchev–Trinajstić information content (AvgIpc) is 2.19. The van der Waals surface area contributed by atoms with Crippen LogP contribution in [0.2, 0.25) is 0 Å².